The van der Waals surface area contributed by atoms with E-state index in [0.29, 0.717) is 17.1 Å². The number of rotatable bonds is 3. The third kappa shape index (κ3) is 2.52. The number of nitrogens with zero attached hydrogens (tertiary/aromatic N) is 5. The van der Waals surface area contributed by atoms with Crippen LogP contribution in [0, 0.1) is 5.92 Å². The van der Waals surface area contributed by atoms with Gasteiger partial charge in [0.15, 0.2) is 11.2 Å². The molecule has 22 heavy (non-hydrogen) atoms. The van der Waals surface area contributed by atoms with E-state index in [0.717, 1.165) is 19.1 Å². The molecule has 0 aromatic carbocycles. The Morgan fingerprint density at radius 1 is 1.09 bits per heavy atom. The van der Waals surface area contributed by atoms with Crippen LogP contribution in [0.5, 0.6) is 0 Å². The van der Waals surface area contributed by atoms with Gasteiger partial charge in [-0.2, -0.15) is 0 Å². The van der Waals surface area contributed by atoms with Gasteiger partial charge >= 0.3 is 0 Å². The van der Waals surface area contributed by atoms with Crippen LogP contribution in [0.3, 0.4) is 0 Å². The van der Waals surface area contributed by atoms with E-state index in [4.69, 9.17) is 0 Å². The molecule has 6 heteroatoms. The van der Waals surface area contributed by atoms with Gasteiger partial charge in [-0.15, -0.1) is 0 Å². The summed E-state index contributed by atoms with van der Waals surface area (Å²) in [5.41, 5.74) is 0.732. The summed E-state index contributed by atoms with van der Waals surface area (Å²) in [4.78, 5) is 27.5. The predicted molar refractivity (Wildman–Crippen MR) is 83.5 cm³/mol. The lowest BCUT2D eigenvalue weighted by Gasteiger charge is -2.23. The molecule has 2 aromatic rings. The van der Waals surface area contributed by atoms with Crippen LogP contribution in [0.2, 0.25) is 0 Å². The minimum atomic E-state index is -0.0718. The van der Waals surface area contributed by atoms with E-state index >= 15 is 0 Å². The average Bonchev–Trinajstić information content (AvgIpc) is 3.21. The van der Waals surface area contributed by atoms with Gasteiger partial charge in [0.05, 0.1) is 0 Å². The molecule has 1 saturated heterocycles. The number of fused-ring (bicyclic) bond motifs is 1. The van der Waals surface area contributed by atoms with Crippen molar-refractivity contribution in [1.82, 2.24) is 24.4 Å². The lowest BCUT2D eigenvalue weighted by Crippen LogP contribution is -2.32. The molecule has 116 valence electrons. The van der Waals surface area contributed by atoms with E-state index in [1.165, 1.54) is 38.6 Å². The standard InChI is InChI=1S/C16H21N5O/c22-16-14-15(18-7-6-17-14)19-11-21(16)10-12-5-8-20(9-12)13-3-1-2-4-13/h6-7,11-13H,1-5,8-10H2/t12-/m0/s1. The summed E-state index contributed by atoms with van der Waals surface area (Å²) in [6, 6.07) is 0.780. The van der Waals surface area contributed by atoms with Crippen LogP contribution in [-0.4, -0.2) is 43.6 Å². The predicted octanol–water partition coefficient (Wildman–Crippen LogP) is 1.45. The molecule has 3 heterocycles. The van der Waals surface area contributed by atoms with E-state index in [9.17, 15) is 4.79 Å². The highest BCUT2D eigenvalue weighted by molar-refractivity contribution is 5.66. The molecule has 0 N–H and O–H groups in total. The molecule has 0 spiro atoms. The van der Waals surface area contributed by atoms with E-state index in [1.807, 2.05) is 0 Å². The van der Waals surface area contributed by atoms with Gasteiger partial charge in [0.2, 0.25) is 0 Å². The van der Waals surface area contributed by atoms with Gasteiger partial charge in [-0.25, -0.2) is 15.0 Å². The average molecular weight is 299 g/mol. The molecule has 1 aliphatic carbocycles. The minimum Gasteiger partial charge on any atom is -0.300 e. The molecule has 2 aromatic heterocycles. The minimum absolute atomic E-state index is 0.0718. The molecule has 1 atom stereocenters. The van der Waals surface area contributed by atoms with Crippen molar-refractivity contribution in [2.75, 3.05) is 13.1 Å². The molecule has 0 amide bonds. The Hall–Kier alpha value is -1.82. The second kappa shape index (κ2) is 5.76. The first kappa shape index (κ1) is 13.8. The van der Waals surface area contributed by atoms with Crippen molar-refractivity contribution in [1.29, 1.82) is 0 Å². The quantitative estimate of drug-likeness (QED) is 0.858. The normalized spacial score (nSPS) is 23.5. The van der Waals surface area contributed by atoms with Crippen LogP contribution >= 0.6 is 0 Å². The van der Waals surface area contributed by atoms with Crippen molar-refractivity contribution in [3.63, 3.8) is 0 Å². The fourth-order valence-corrected chi connectivity index (χ4v) is 3.91. The van der Waals surface area contributed by atoms with Crippen molar-refractivity contribution in [2.24, 2.45) is 5.92 Å². The second-order valence-corrected chi connectivity index (χ2v) is 6.52. The maximum absolute atomic E-state index is 12.5. The summed E-state index contributed by atoms with van der Waals surface area (Å²) in [6.07, 6.45) is 11.3. The Bertz CT molecular complexity index is 722. The highest BCUT2D eigenvalue weighted by Gasteiger charge is 2.30. The summed E-state index contributed by atoms with van der Waals surface area (Å²) in [6.45, 7) is 3.02. The van der Waals surface area contributed by atoms with E-state index in [-0.39, 0.29) is 5.56 Å². The number of aromatic nitrogens is 4. The number of hydrogen-bond donors (Lipinski definition) is 0. The molecule has 0 unspecified atom stereocenters. The first-order chi connectivity index (χ1) is 10.8. The fourth-order valence-electron chi connectivity index (χ4n) is 3.91. The first-order valence-electron chi connectivity index (χ1n) is 8.21. The molecular formula is C16H21N5O. The zero-order valence-electron chi connectivity index (χ0n) is 12.7. The Morgan fingerprint density at radius 2 is 1.91 bits per heavy atom. The summed E-state index contributed by atoms with van der Waals surface area (Å²) in [5.74, 6) is 0.536. The van der Waals surface area contributed by atoms with Crippen molar-refractivity contribution in [3.05, 3.63) is 29.1 Å². The number of likely N-dealkylation sites (tertiary alicyclic amines) is 1. The molecule has 2 aliphatic rings. The van der Waals surface area contributed by atoms with Gasteiger partial charge in [0.25, 0.3) is 5.56 Å². The summed E-state index contributed by atoms with van der Waals surface area (Å²) < 4.78 is 1.71. The lowest BCUT2D eigenvalue weighted by molar-refractivity contribution is 0.233. The van der Waals surface area contributed by atoms with Crippen molar-refractivity contribution < 1.29 is 0 Å². The van der Waals surface area contributed by atoms with Crippen LogP contribution in [-0.2, 0) is 6.54 Å². The highest BCUT2D eigenvalue weighted by atomic mass is 16.1. The zero-order valence-corrected chi connectivity index (χ0v) is 12.7. The summed E-state index contributed by atoms with van der Waals surface area (Å²) in [5, 5.41) is 0. The molecule has 1 saturated carbocycles. The van der Waals surface area contributed by atoms with Crippen LogP contribution in [0.1, 0.15) is 32.1 Å². The van der Waals surface area contributed by atoms with Crippen LogP contribution in [0.25, 0.3) is 11.2 Å². The zero-order chi connectivity index (χ0) is 14.9. The van der Waals surface area contributed by atoms with Crippen molar-refractivity contribution >= 4 is 11.2 Å². The third-order valence-electron chi connectivity index (χ3n) is 5.08. The molecule has 1 aliphatic heterocycles. The van der Waals surface area contributed by atoms with Gasteiger partial charge in [-0.3, -0.25) is 9.36 Å². The van der Waals surface area contributed by atoms with E-state index in [2.05, 4.69) is 19.9 Å². The fraction of sp³-hybridized carbons (Fsp3) is 0.625. The maximum Gasteiger partial charge on any atom is 0.281 e. The van der Waals surface area contributed by atoms with Gasteiger partial charge in [-0.05, 0) is 31.7 Å². The summed E-state index contributed by atoms with van der Waals surface area (Å²) >= 11 is 0. The monoisotopic (exact) mass is 299 g/mol. The van der Waals surface area contributed by atoms with Crippen molar-refractivity contribution in [3.8, 4) is 0 Å². The topological polar surface area (TPSA) is 63.9 Å². The Morgan fingerprint density at radius 3 is 2.77 bits per heavy atom. The third-order valence-corrected chi connectivity index (χ3v) is 5.08. The molecule has 4 rings (SSSR count). The summed E-state index contributed by atoms with van der Waals surface area (Å²) in [7, 11) is 0. The van der Waals surface area contributed by atoms with Gasteiger partial charge in [0.1, 0.15) is 6.33 Å². The maximum atomic E-state index is 12.5. The highest BCUT2D eigenvalue weighted by Crippen LogP contribution is 2.28. The van der Waals surface area contributed by atoms with Crippen LogP contribution < -0.4 is 5.56 Å². The molecule has 0 bridgehead atoms. The Balaban J connectivity index is 1.50. The van der Waals surface area contributed by atoms with Crippen molar-refractivity contribution in [2.45, 2.75) is 44.7 Å². The first-order valence-corrected chi connectivity index (χ1v) is 8.21. The largest absolute Gasteiger partial charge is 0.300 e. The number of hydrogen-bond acceptors (Lipinski definition) is 5. The van der Waals surface area contributed by atoms with Crippen LogP contribution in [0.4, 0.5) is 0 Å². The molecule has 6 nitrogen and oxygen atoms in total. The molecule has 0 radical (unpaired) electrons. The Kier molecular flexibility index (Phi) is 3.62. The SMILES string of the molecule is O=c1c2nccnc2ncn1C[C@H]1CCN(C2CCCC2)C1. The van der Waals surface area contributed by atoms with Crippen LogP contribution in [0.15, 0.2) is 23.5 Å². The van der Waals surface area contributed by atoms with E-state index < -0.39 is 0 Å². The van der Waals surface area contributed by atoms with E-state index in [1.54, 1.807) is 23.3 Å². The molecule has 2 fully saturated rings. The molecular weight excluding hydrogens is 278 g/mol. The Labute approximate surface area is 129 Å². The van der Waals surface area contributed by atoms with Gasteiger partial charge in [-0.1, -0.05) is 12.8 Å². The van der Waals surface area contributed by atoms with Gasteiger partial charge < -0.3 is 4.90 Å². The van der Waals surface area contributed by atoms with Gasteiger partial charge in [0, 0.05) is 31.5 Å². The second-order valence-electron chi connectivity index (χ2n) is 6.52. The smallest absolute Gasteiger partial charge is 0.281 e. The lowest BCUT2D eigenvalue weighted by atomic mass is 10.1.